The van der Waals surface area contributed by atoms with Gasteiger partial charge < -0.3 is 20.1 Å². The van der Waals surface area contributed by atoms with Crippen LogP contribution in [-0.2, 0) is 4.74 Å². The molecule has 0 bridgehead atoms. The zero-order valence-corrected chi connectivity index (χ0v) is 5.14. The lowest BCUT2D eigenvalue weighted by Crippen LogP contribution is -2.50. The zero-order valence-electron chi connectivity index (χ0n) is 5.14. The Morgan fingerprint density at radius 2 is 1.90 bits per heavy atom. The summed E-state index contributed by atoms with van der Waals surface area (Å²) in [6.07, 6.45) is -6.30. The lowest BCUT2D eigenvalue weighted by molar-refractivity contribution is -0.233. The molecular formula is C5H9FO4. The van der Waals surface area contributed by atoms with E-state index >= 15 is 0 Å². The Balaban J connectivity index is 2.52. The Morgan fingerprint density at radius 3 is 2.40 bits per heavy atom. The van der Waals surface area contributed by atoms with Gasteiger partial charge in [0, 0.05) is 0 Å². The topological polar surface area (TPSA) is 69.9 Å². The normalized spacial score (nSPS) is 49.2. The molecule has 4 atom stereocenters. The molecule has 1 aliphatic heterocycles. The van der Waals surface area contributed by atoms with Crippen molar-refractivity contribution in [1.29, 1.82) is 0 Å². The van der Waals surface area contributed by atoms with Crippen LogP contribution in [0.4, 0.5) is 4.39 Å². The molecule has 10 heavy (non-hydrogen) atoms. The van der Waals surface area contributed by atoms with Crippen LogP contribution in [0.2, 0.25) is 0 Å². The highest BCUT2D eigenvalue weighted by Crippen LogP contribution is 2.16. The van der Waals surface area contributed by atoms with Gasteiger partial charge in [-0.2, -0.15) is 0 Å². The van der Waals surface area contributed by atoms with Crippen LogP contribution in [0.5, 0.6) is 0 Å². The van der Waals surface area contributed by atoms with E-state index in [-0.39, 0.29) is 6.61 Å². The molecule has 0 amide bonds. The van der Waals surface area contributed by atoms with Crippen molar-refractivity contribution in [3.63, 3.8) is 0 Å². The van der Waals surface area contributed by atoms with E-state index in [1.807, 2.05) is 0 Å². The number of halogens is 1. The van der Waals surface area contributed by atoms with Crippen molar-refractivity contribution in [2.24, 2.45) is 0 Å². The SMILES string of the molecule is OC1OC[C@@H](O)[C@@H](O)[C@H]1[18F]. The van der Waals surface area contributed by atoms with Gasteiger partial charge in [-0.05, 0) is 0 Å². The molecule has 0 aromatic carbocycles. The Labute approximate surface area is 56.9 Å². The van der Waals surface area contributed by atoms with Crippen molar-refractivity contribution < 1.29 is 24.4 Å². The van der Waals surface area contributed by atoms with Crippen LogP contribution >= 0.6 is 0 Å². The van der Waals surface area contributed by atoms with Crippen LogP contribution in [-0.4, -0.2) is 46.6 Å². The monoisotopic (exact) mass is 151 g/mol. The van der Waals surface area contributed by atoms with Gasteiger partial charge in [0.25, 0.3) is 0 Å². The van der Waals surface area contributed by atoms with E-state index in [4.69, 9.17) is 15.3 Å². The number of aliphatic hydroxyl groups is 3. The zero-order chi connectivity index (χ0) is 7.72. The van der Waals surface area contributed by atoms with E-state index in [0.717, 1.165) is 0 Å². The molecule has 3 N–H and O–H groups in total. The summed E-state index contributed by atoms with van der Waals surface area (Å²) in [5.74, 6) is 0. The van der Waals surface area contributed by atoms with Gasteiger partial charge in [0.05, 0.1) is 6.61 Å². The summed E-state index contributed by atoms with van der Waals surface area (Å²) < 4.78 is 16.8. The van der Waals surface area contributed by atoms with Gasteiger partial charge in [-0.25, -0.2) is 4.39 Å². The summed E-state index contributed by atoms with van der Waals surface area (Å²) in [7, 11) is 0. The van der Waals surface area contributed by atoms with Crippen molar-refractivity contribution in [3.05, 3.63) is 0 Å². The predicted molar refractivity (Wildman–Crippen MR) is 28.9 cm³/mol. The Hall–Kier alpha value is -0.230. The molecule has 0 spiro atoms. The predicted octanol–water partition coefficient (Wildman–Crippen LogP) is -1.61. The number of ether oxygens (including phenoxy) is 1. The second-order valence-corrected chi connectivity index (χ2v) is 2.23. The van der Waals surface area contributed by atoms with Gasteiger partial charge in [0.1, 0.15) is 12.2 Å². The van der Waals surface area contributed by atoms with Gasteiger partial charge in [-0.15, -0.1) is 0 Å². The molecule has 0 aliphatic carbocycles. The summed E-state index contributed by atoms with van der Waals surface area (Å²) in [6, 6.07) is 0. The lowest BCUT2D eigenvalue weighted by atomic mass is 10.1. The standard InChI is InChI=1S/C5H9FO4/c6-3-4(8)2(7)1-10-5(3)9/h2-5,7-9H,1H2/t2-,3-,4-,5?/m1/s1/i6-1. The molecule has 5 heteroatoms. The molecule has 0 aromatic rings. The van der Waals surface area contributed by atoms with Gasteiger partial charge >= 0.3 is 0 Å². The van der Waals surface area contributed by atoms with Crippen LogP contribution < -0.4 is 0 Å². The summed E-state index contributed by atoms with van der Waals surface area (Å²) in [6.45, 7) is -0.233. The van der Waals surface area contributed by atoms with Crippen LogP contribution in [0.25, 0.3) is 0 Å². The van der Waals surface area contributed by atoms with Crippen molar-refractivity contribution in [3.8, 4) is 0 Å². The summed E-state index contributed by atoms with van der Waals surface area (Å²) >= 11 is 0. The minimum Gasteiger partial charge on any atom is -0.388 e. The first-order valence-electron chi connectivity index (χ1n) is 2.93. The second-order valence-electron chi connectivity index (χ2n) is 2.23. The lowest BCUT2D eigenvalue weighted by Gasteiger charge is -2.30. The molecule has 1 fully saturated rings. The highest BCUT2D eigenvalue weighted by molar-refractivity contribution is 4.81. The third-order valence-corrected chi connectivity index (χ3v) is 1.43. The number of rotatable bonds is 0. The minimum atomic E-state index is -1.91. The maximum Gasteiger partial charge on any atom is 0.189 e. The van der Waals surface area contributed by atoms with Crippen LogP contribution in [0.3, 0.4) is 0 Å². The van der Waals surface area contributed by atoms with E-state index in [9.17, 15) is 4.39 Å². The van der Waals surface area contributed by atoms with Crippen LogP contribution in [0.1, 0.15) is 0 Å². The molecule has 1 saturated heterocycles. The maximum absolute atomic E-state index is 12.4. The minimum absolute atomic E-state index is 0.233. The maximum atomic E-state index is 12.4. The molecular weight excluding hydrogens is 142 g/mol. The van der Waals surface area contributed by atoms with E-state index in [0.29, 0.717) is 0 Å². The third kappa shape index (κ3) is 1.27. The number of hydrogen-bond acceptors (Lipinski definition) is 4. The van der Waals surface area contributed by atoms with Crippen molar-refractivity contribution >= 4 is 0 Å². The van der Waals surface area contributed by atoms with Gasteiger partial charge in [-0.1, -0.05) is 0 Å². The Bertz CT molecular complexity index is 106. The van der Waals surface area contributed by atoms with Crippen molar-refractivity contribution in [1.82, 2.24) is 0 Å². The molecule has 0 saturated carbocycles. The molecule has 60 valence electrons. The highest BCUT2D eigenvalue weighted by atomic mass is 18.2. The van der Waals surface area contributed by atoms with Crippen molar-refractivity contribution in [2.75, 3.05) is 6.61 Å². The molecule has 1 heterocycles. The summed E-state index contributed by atoms with van der Waals surface area (Å²) in [5, 5.41) is 26.1. The number of alkyl halides is 1. The average molecular weight is 151 g/mol. The van der Waals surface area contributed by atoms with Gasteiger partial charge in [0.2, 0.25) is 0 Å². The second kappa shape index (κ2) is 2.79. The van der Waals surface area contributed by atoms with Crippen molar-refractivity contribution in [2.45, 2.75) is 24.7 Å². The number of aliphatic hydroxyl groups excluding tert-OH is 3. The highest BCUT2D eigenvalue weighted by Gasteiger charge is 2.37. The first-order chi connectivity index (χ1) is 4.63. The molecule has 4 nitrogen and oxygen atoms in total. The Morgan fingerprint density at radius 1 is 1.30 bits per heavy atom. The quantitative estimate of drug-likeness (QED) is 0.390. The largest absolute Gasteiger partial charge is 0.388 e. The molecule has 1 rings (SSSR count). The first kappa shape index (κ1) is 7.87. The van der Waals surface area contributed by atoms with E-state index in [2.05, 4.69) is 4.74 Å². The summed E-state index contributed by atoms with van der Waals surface area (Å²) in [5.41, 5.74) is 0. The van der Waals surface area contributed by atoms with E-state index in [1.165, 1.54) is 0 Å². The molecule has 0 aromatic heterocycles. The van der Waals surface area contributed by atoms with E-state index in [1.54, 1.807) is 0 Å². The van der Waals surface area contributed by atoms with Crippen LogP contribution in [0.15, 0.2) is 0 Å². The van der Waals surface area contributed by atoms with Gasteiger partial charge in [0.15, 0.2) is 12.5 Å². The summed E-state index contributed by atoms with van der Waals surface area (Å²) in [4.78, 5) is 0. The fourth-order valence-electron chi connectivity index (χ4n) is 0.769. The smallest absolute Gasteiger partial charge is 0.189 e. The average Bonchev–Trinajstić information content (AvgIpc) is 1.93. The Kier molecular flexibility index (Phi) is 2.20. The van der Waals surface area contributed by atoms with Crippen LogP contribution in [0, 0.1) is 0 Å². The molecule has 1 unspecified atom stereocenters. The van der Waals surface area contributed by atoms with Gasteiger partial charge in [-0.3, -0.25) is 0 Å². The third-order valence-electron chi connectivity index (χ3n) is 1.43. The fraction of sp³-hybridized carbons (Fsp3) is 1.00. The van der Waals surface area contributed by atoms with E-state index < -0.39 is 24.7 Å². The molecule has 1 aliphatic rings. The number of hydrogen-bond donors (Lipinski definition) is 3. The molecule has 0 radical (unpaired) electrons. The first-order valence-corrected chi connectivity index (χ1v) is 2.93. The fourth-order valence-corrected chi connectivity index (χ4v) is 0.769.